The van der Waals surface area contributed by atoms with Crippen LogP contribution < -0.4 is 0 Å². The molecule has 0 aliphatic carbocycles. The molecule has 3 aromatic rings. The monoisotopic (exact) mass is 492 g/mol. The Morgan fingerprint density at radius 1 is 0.639 bits per heavy atom. The quantitative estimate of drug-likeness (QED) is 0.389. The molecule has 4 rings (SSSR count). The second-order valence-electron chi connectivity index (χ2n) is 9.19. The lowest BCUT2D eigenvalue weighted by molar-refractivity contribution is -0.331. The van der Waals surface area contributed by atoms with Crippen LogP contribution in [0, 0.1) is 0 Å². The highest BCUT2D eigenvalue weighted by Crippen LogP contribution is 2.31. The zero-order valence-corrected chi connectivity index (χ0v) is 20.9. The van der Waals surface area contributed by atoms with Crippen LogP contribution in [-0.2, 0) is 43.5 Å². The van der Waals surface area contributed by atoms with Gasteiger partial charge in [0.15, 0.2) is 6.29 Å². The fourth-order valence-corrected chi connectivity index (χ4v) is 4.29. The van der Waals surface area contributed by atoms with E-state index in [1.807, 2.05) is 105 Å². The smallest absolute Gasteiger partial charge is 0.187 e. The number of benzene rings is 3. The van der Waals surface area contributed by atoms with Crippen molar-refractivity contribution in [2.24, 2.45) is 0 Å². The number of hydrogen-bond donors (Lipinski definition) is 1. The predicted molar refractivity (Wildman–Crippen MR) is 137 cm³/mol. The average Bonchev–Trinajstić information content (AvgIpc) is 2.92. The predicted octanol–water partition coefficient (Wildman–Crippen LogP) is 4.88. The van der Waals surface area contributed by atoms with Crippen molar-refractivity contribution in [1.29, 1.82) is 0 Å². The molecule has 1 fully saturated rings. The number of aliphatic hydroxyl groups excluding tert-OH is 1. The minimum absolute atomic E-state index is 0.0907. The topological polar surface area (TPSA) is 66.4 Å². The molecule has 1 unspecified atom stereocenters. The molecule has 3 aromatic carbocycles. The van der Waals surface area contributed by atoms with Crippen LogP contribution in [0.15, 0.2) is 91.0 Å². The Hall–Kier alpha value is -2.58. The van der Waals surface area contributed by atoms with Crippen LogP contribution in [0.5, 0.6) is 0 Å². The minimum Gasteiger partial charge on any atom is -0.394 e. The second kappa shape index (κ2) is 13.7. The molecule has 0 radical (unpaired) electrons. The molecule has 36 heavy (non-hydrogen) atoms. The van der Waals surface area contributed by atoms with Crippen molar-refractivity contribution in [3.63, 3.8) is 0 Å². The van der Waals surface area contributed by atoms with Crippen molar-refractivity contribution >= 4 is 0 Å². The lowest BCUT2D eigenvalue weighted by atomic mass is 9.97. The molecule has 1 N–H and O–H groups in total. The number of rotatable bonds is 12. The van der Waals surface area contributed by atoms with E-state index in [-0.39, 0.29) is 12.7 Å². The molecule has 0 saturated carbocycles. The van der Waals surface area contributed by atoms with Gasteiger partial charge in [-0.3, -0.25) is 0 Å². The van der Waals surface area contributed by atoms with Crippen LogP contribution in [0.3, 0.4) is 0 Å². The van der Waals surface area contributed by atoms with Gasteiger partial charge in [0.25, 0.3) is 0 Å². The van der Waals surface area contributed by atoms with E-state index in [2.05, 4.69) is 0 Å². The highest BCUT2D eigenvalue weighted by Gasteiger charge is 2.49. The number of ether oxygens (including phenoxy) is 5. The van der Waals surface area contributed by atoms with Crippen molar-refractivity contribution in [2.45, 2.75) is 70.5 Å². The second-order valence-corrected chi connectivity index (χ2v) is 9.19. The maximum absolute atomic E-state index is 10.2. The molecule has 6 nitrogen and oxygen atoms in total. The Morgan fingerprint density at radius 2 is 1.08 bits per heavy atom. The van der Waals surface area contributed by atoms with E-state index >= 15 is 0 Å². The van der Waals surface area contributed by atoms with Crippen LogP contribution in [-0.4, -0.2) is 48.5 Å². The van der Waals surface area contributed by atoms with Crippen LogP contribution in [0.2, 0.25) is 0 Å². The Balaban J connectivity index is 1.59. The Morgan fingerprint density at radius 3 is 1.53 bits per heavy atom. The van der Waals surface area contributed by atoms with Gasteiger partial charge in [-0.25, -0.2) is 0 Å². The molecule has 5 atom stereocenters. The normalized spacial score (nSPS) is 24.2. The summed E-state index contributed by atoms with van der Waals surface area (Å²) in [6.45, 7) is 4.78. The first-order chi connectivity index (χ1) is 17.6. The van der Waals surface area contributed by atoms with Gasteiger partial charge in [-0.05, 0) is 30.5 Å². The Bertz CT molecular complexity index is 998. The summed E-state index contributed by atoms with van der Waals surface area (Å²) >= 11 is 0. The van der Waals surface area contributed by atoms with Gasteiger partial charge in [-0.15, -0.1) is 0 Å². The first-order valence-electron chi connectivity index (χ1n) is 12.5. The number of hydrogen-bond acceptors (Lipinski definition) is 6. The van der Waals surface area contributed by atoms with Gasteiger partial charge in [0.05, 0.1) is 32.5 Å². The van der Waals surface area contributed by atoms with Crippen molar-refractivity contribution in [3.8, 4) is 0 Å². The maximum Gasteiger partial charge on any atom is 0.187 e. The van der Waals surface area contributed by atoms with E-state index in [1.165, 1.54) is 0 Å². The third-order valence-corrected chi connectivity index (χ3v) is 6.03. The zero-order chi connectivity index (χ0) is 25.2. The Labute approximate surface area is 213 Å². The molecule has 192 valence electrons. The minimum atomic E-state index is -0.751. The highest BCUT2D eigenvalue weighted by molar-refractivity contribution is 5.15. The summed E-state index contributed by atoms with van der Waals surface area (Å²) in [5.74, 6) is 0. The molecule has 1 saturated heterocycles. The van der Waals surface area contributed by atoms with E-state index in [9.17, 15) is 5.11 Å². The van der Waals surface area contributed by atoms with E-state index in [0.717, 1.165) is 16.7 Å². The van der Waals surface area contributed by atoms with Crippen LogP contribution >= 0.6 is 0 Å². The van der Waals surface area contributed by atoms with Gasteiger partial charge >= 0.3 is 0 Å². The summed E-state index contributed by atoms with van der Waals surface area (Å²) in [7, 11) is 0. The van der Waals surface area contributed by atoms with Crippen molar-refractivity contribution in [1.82, 2.24) is 0 Å². The standard InChI is InChI=1S/C30H36O6/c1-22(2)35-27-26(18-31)36-30(34-21-25-16-10-5-11-17-25)29(33-20-24-14-8-4-9-15-24)28(27)32-19-23-12-6-3-7-13-23/h3-17,22,26-31H,18-21H2,1-2H3/t26-,27-,28+,29-,30?/m1/s1. The molecular weight excluding hydrogens is 456 g/mol. The molecule has 0 spiro atoms. The van der Waals surface area contributed by atoms with Gasteiger partial charge in [-0.1, -0.05) is 91.0 Å². The third-order valence-electron chi connectivity index (χ3n) is 6.03. The van der Waals surface area contributed by atoms with E-state index in [1.54, 1.807) is 0 Å². The maximum atomic E-state index is 10.2. The van der Waals surface area contributed by atoms with E-state index < -0.39 is 30.7 Å². The molecule has 1 heterocycles. The summed E-state index contributed by atoms with van der Waals surface area (Å²) in [6.07, 6.45) is -3.10. The van der Waals surface area contributed by atoms with Crippen LogP contribution in [0.4, 0.5) is 0 Å². The first kappa shape index (κ1) is 26.5. The molecule has 1 aliphatic heterocycles. The van der Waals surface area contributed by atoms with Gasteiger partial charge in [0.2, 0.25) is 0 Å². The summed E-state index contributed by atoms with van der Waals surface area (Å²) < 4.78 is 31.7. The lowest BCUT2D eigenvalue weighted by Crippen LogP contribution is -2.62. The zero-order valence-electron chi connectivity index (χ0n) is 20.9. The van der Waals surface area contributed by atoms with E-state index in [0.29, 0.717) is 19.8 Å². The molecule has 1 aliphatic rings. The van der Waals surface area contributed by atoms with E-state index in [4.69, 9.17) is 23.7 Å². The first-order valence-corrected chi connectivity index (χ1v) is 12.5. The summed E-state index contributed by atoms with van der Waals surface area (Å²) in [5, 5.41) is 10.2. The summed E-state index contributed by atoms with van der Waals surface area (Å²) in [6, 6.07) is 29.9. The van der Waals surface area contributed by atoms with Crippen molar-refractivity contribution in [3.05, 3.63) is 108 Å². The summed E-state index contributed by atoms with van der Waals surface area (Å²) in [5.41, 5.74) is 3.09. The SMILES string of the molecule is CC(C)O[C@H]1[C@H](OCc2ccccc2)[C@@H](OCc2ccccc2)C(OCc2ccccc2)O[C@@H]1CO. The summed E-state index contributed by atoms with van der Waals surface area (Å²) in [4.78, 5) is 0. The highest BCUT2D eigenvalue weighted by atomic mass is 16.7. The molecule has 6 heteroatoms. The van der Waals surface area contributed by atoms with Crippen LogP contribution in [0.1, 0.15) is 30.5 Å². The number of aliphatic hydroxyl groups is 1. The molecular formula is C30H36O6. The molecule has 0 aromatic heterocycles. The van der Waals surface area contributed by atoms with Gasteiger partial charge < -0.3 is 28.8 Å². The fourth-order valence-electron chi connectivity index (χ4n) is 4.29. The fraction of sp³-hybridized carbons (Fsp3) is 0.400. The molecule has 0 bridgehead atoms. The lowest BCUT2D eigenvalue weighted by Gasteiger charge is -2.46. The third kappa shape index (κ3) is 7.46. The largest absolute Gasteiger partial charge is 0.394 e. The average molecular weight is 493 g/mol. The van der Waals surface area contributed by atoms with Gasteiger partial charge in [0.1, 0.15) is 24.4 Å². The Kier molecular flexibility index (Phi) is 10.0. The van der Waals surface area contributed by atoms with Crippen molar-refractivity contribution in [2.75, 3.05) is 6.61 Å². The van der Waals surface area contributed by atoms with Crippen molar-refractivity contribution < 1.29 is 28.8 Å². The van der Waals surface area contributed by atoms with Gasteiger partial charge in [-0.2, -0.15) is 0 Å². The molecule has 0 amide bonds. The van der Waals surface area contributed by atoms with Crippen LogP contribution in [0.25, 0.3) is 0 Å². The van der Waals surface area contributed by atoms with Gasteiger partial charge in [0, 0.05) is 0 Å².